The molecule has 7 nitrogen and oxygen atoms in total. The first-order valence-electron chi connectivity index (χ1n) is 13.1. The van der Waals surface area contributed by atoms with Crippen molar-refractivity contribution in [2.24, 2.45) is 5.92 Å². The second-order valence-corrected chi connectivity index (χ2v) is 9.54. The molecule has 2 aromatic carbocycles. The average Bonchev–Trinajstić information content (AvgIpc) is 2.90. The summed E-state index contributed by atoms with van der Waals surface area (Å²) in [6.07, 6.45) is 0.759. The van der Waals surface area contributed by atoms with Gasteiger partial charge in [-0.1, -0.05) is 51.1 Å². The van der Waals surface area contributed by atoms with Crippen molar-refractivity contribution >= 4 is 29.1 Å². The summed E-state index contributed by atoms with van der Waals surface area (Å²) < 4.78 is 0. The van der Waals surface area contributed by atoms with Crippen LogP contribution in [0.4, 0.5) is 11.4 Å². The molecule has 0 aliphatic carbocycles. The number of carbonyl (C=O) groups is 3. The fourth-order valence-electron chi connectivity index (χ4n) is 4.65. The van der Waals surface area contributed by atoms with Crippen molar-refractivity contribution in [3.05, 3.63) is 59.7 Å². The zero-order valence-electron chi connectivity index (χ0n) is 22.3. The molecular weight excluding hydrogens is 452 g/mol. The summed E-state index contributed by atoms with van der Waals surface area (Å²) in [7, 11) is 0. The van der Waals surface area contributed by atoms with Gasteiger partial charge in [0.15, 0.2) is 0 Å². The van der Waals surface area contributed by atoms with Gasteiger partial charge in [-0.15, -0.1) is 0 Å². The Morgan fingerprint density at radius 2 is 1.56 bits per heavy atom. The van der Waals surface area contributed by atoms with E-state index in [4.69, 9.17) is 0 Å². The summed E-state index contributed by atoms with van der Waals surface area (Å²) in [5.41, 5.74) is 3.10. The van der Waals surface area contributed by atoms with Crippen LogP contribution in [0.1, 0.15) is 62.9 Å². The summed E-state index contributed by atoms with van der Waals surface area (Å²) in [4.78, 5) is 44.9. The van der Waals surface area contributed by atoms with E-state index in [0.29, 0.717) is 50.5 Å². The van der Waals surface area contributed by atoms with Crippen LogP contribution >= 0.6 is 0 Å². The quantitative estimate of drug-likeness (QED) is 0.555. The summed E-state index contributed by atoms with van der Waals surface area (Å²) in [6.45, 7) is 13.4. The number of nitrogens with zero attached hydrogens (tertiary/aromatic N) is 3. The van der Waals surface area contributed by atoms with Gasteiger partial charge in [0.05, 0.1) is 11.5 Å². The zero-order valence-corrected chi connectivity index (χ0v) is 22.3. The van der Waals surface area contributed by atoms with E-state index in [2.05, 4.69) is 17.1 Å². The van der Waals surface area contributed by atoms with Gasteiger partial charge in [0.1, 0.15) is 0 Å². The third-order valence-corrected chi connectivity index (χ3v) is 6.91. The van der Waals surface area contributed by atoms with Crippen LogP contribution in [0.15, 0.2) is 48.5 Å². The van der Waals surface area contributed by atoms with E-state index in [1.807, 2.05) is 75.1 Å². The van der Waals surface area contributed by atoms with Crippen molar-refractivity contribution in [1.82, 2.24) is 9.80 Å². The molecule has 0 bridgehead atoms. The highest BCUT2D eigenvalue weighted by Crippen LogP contribution is 2.29. The lowest BCUT2D eigenvalue weighted by Gasteiger charge is -2.38. The first-order chi connectivity index (χ1) is 17.3. The predicted molar refractivity (Wildman–Crippen MR) is 145 cm³/mol. The molecule has 0 spiro atoms. The Labute approximate surface area is 215 Å². The summed E-state index contributed by atoms with van der Waals surface area (Å²) in [5, 5.41) is 2.92. The Balaban J connectivity index is 1.80. The minimum absolute atomic E-state index is 0.0516. The van der Waals surface area contributed by atoms with Gasteiger partial charge in [-0.05, 0) is 44.0 Å². The molecule has 1 heterocycles. The largest absolute Gasteiger partial charge is 0.367 e. The second kappa shape index (κ2) is 12.6. The zero-order chi connectivity index (χ0) is 26.2. The van der Waals surface area contributed by atoms with Crippen LogP contribution in [0.25, 0.3) is 0 Å². The van der Waals surface area contributed by atoms with E-state index in [1.165, 1.54) is 0 Å². The van der Waals surface area contributed by atoms with Crippen LogP contribution in [-0.4, -0.2) is 66.8 Å². The van der Waals surface area contributed by atoms with Gasteiger partial charge in [-0.25, -0.2) is 0 Å². The van der Waals surface area contributed by atoms with Crippen LogP contribution in [-0.2, 0) is 9.59 Å². The maximum atomic E-state index is 13.4. The Morgan fingerprint density at radius 3 is 2.11 bits per heavy atom. The number of benzene rings is 2. The van der Waals surface area contributed by atoms with Gasteiger partial charge in [0.2, 0.25) is 11.8 Å². The van der Waals surface area contributed by atoms with E-state index in [0.717, 1.165) is 17.7 Å². The Morgan fingerprint density at radius 1 is 0.917 bits per heavy atom. The van der Waals surface area contributed by atoms with Crippen molar-refractivity contribution in [2.45, 2.75) is 47.0 Å². The lowest BCUT2D eigenvalue weighted by atomic mass is 9.94. The molecule has 0 aromatic heterocycles. The number of hydrogen-bond donors (Lipinski definition) is 1. The Hall–Kier alpha value is -3.35. The van der Waals surface area contributed by atoms with Crippen molar-refractivity contribution in [1.29, 1.82) is 0 Å². The number of hydrogen-bond acceptors (Lipinski definition) is 4. The standard InChI is InChI=1S/C29H40N4O3/c1-6-24(22-12-10-9-11-13-22)28(35)33-18-16-32(17-19-33)26-15-14-23(30-27(34)21(4)5)20-25(26)29(36)31(7-2)8-3/h9-15,20-21,24H,6-8,16-19H2,1-5H3,(H,30,34). The fraction of sp³-hybridized carbons (Fsp3) is 0.483. The minimum atomic E-state index is -0.153. The van der Waals surface area contributed by atoms with E-state index in [9.17, 15) is 14.4 Å². The molecule has 3 amide bonds. The highest BCUT2D eigenvalue weighted by molar-refractivity contribution is 6.02. The smallest absolute Gasteiger partial charge is 0.256 e. The topological polar surface area (TPSA) is 73.0 Å². The second-order valence-electron chi connectivity index (χ2n) is 9.54. The third-order valence-electron chi connectivity index (χ3n) is 6.91. The first kappa shape index (κ1) is 27.2. The van der Waals surface area contributed by atoms with Crippen LogP contribution < -0.4 is 10.2 Å². The molecule has 1 fully saturated rings. The number of amides is 3. The molecule has 36 heavy (non-hydrogen) atoms. The average molecular weight is 493 g/mol. The molecule has 1 atom stereocenters. The molecule has 194 valence electrons. The molecule has 1 N–H and O–H groups in total. The molecule has 0 radical (unpaired) electrons. The summed E-state index contributed by atoms with van der Waals surface area (Å²) >= 11 is 0. The van der Waals surface area contributed by atoms with E-state index in [1.54, 1.807) is 11.0 Å². The molecule has 1 saturated heterocycles. The minimum Gasteiger partial charge on any atom is -0.367 e. The molecule has 2 aromatic rings. The van der Waals surface area contributed by atoms with Gasteiger partial charge < -0.3 is 20.0 Å². The van der Waals surface area contributed by atoms with Gasteiger partial charge in [0, 0.05) is 56.6 Å². The van der Waals surface area contributed by atoms with Crippen molar-refractivity contribution in [2.75, 3.05) is 49.5 Å². The summed E-state index contributed by atoms with van der Waals surface area (Å²) in [6, 6.07) is 15.5. The highest BCUT2D eigenvalue weighted by atomic mass is 16.2. The van der Waals surface area contributed by atoms with E-state index >= 15 is 0 Å². The maximum absolute atomic E-state index is 13.4. The number of rotatable bonds is 9. The van der Waals surface area contributed by atoms with Crippen molar-refractivity contribution in [3.63, 3.8) is 0 Å². The van der Waals surface area contributed by atoms with Gasteiger partial charge in [-0.3, -0.25) is 14.4 Å². The molecular formula is C29H40N4O3. The molecule has 1 aliphatic rings. The summed E-state index contributed by atoms with van der Waals surface area (Å²) in [5.74, 6) is -0.264. The molecule has 0 saturated carbocycles. The Bertz CT molecular complexity index is 1040. The van der Waals surface area contributed by atoms with Crippen molar-refractivity contribution < 1.29 is 14.4 Å². The van der Waals surface area contributed by atoms with E-state index < -0.39 is 0 Å². The monoisotopic (exact) mass is 492 g/mol. The number of carbonyl (C=O) groups excluding carboxylic acids is 3. The predicted octanol–water partition coefficient (Wildman–Crippen LogP) is 4.61. The van der Waals surface area contributed by atoms with Crippen LogP contribution in [0.5, 0.6) is 0 Å². The number of nitrogens with one attached hydrogen (secondary N) is 1. The molecule has 3 rings (SSSR count). The van der Waals surface area contributed by atoms with Crippen LogP contribution in [0.2, 0.25) is 0 Å². The molecule has 7 heteroatoms. The molecule has 1 unspecified atom stereocenters. The first-order valence-corrected chi connectivity index (χ1v) is 13.1. The lowest BCUT2D eigenvalue weighted by Crippen LogP contribution is -2.50. The number of piperazine rings is 1. The Kier molecular flexibility index (Phi) is 9.51. The van der Waals surface area contributed by atoms with Gasteiger partial charge >= 0.3 is 0 Å². The normalized spacial score (nSPS) is 14.5. The lowest BCUT2D eigenvalue weighted by molar-refractivity contribution is -0.133. The van der Waals surface area contributed by atoms with Crippen LogP contribution in [0.3, 0.4) is 0 Å². The molecule has 1 aliphatic heterocycles. The van der Waals surface area contributed by atoms with E-state index in [-0.39, 0.29) is 29.6 Å². The maximum Gasteiger partial charge on any atom is 0.256 e. The third kappa shape index (κ3) is 6.25. The van der Waals surface area contributed by atoms with Gasteiger partial charge in [-0.2, -0.15) is 0 Å². The fourth-order valence-corrected chi connectivity index (χ4v) is 4.65. The number of anilines is 2. The SMILES string of the molecule is CCC(C(=O)N1CCN(c2ccc(NC(=O)C(C)C)cc2C(=O)N(CC)CC)CC1)c1ccccc1. The van der Waals surface area contributed by atoms with Crippen LogP contribution in [0, 0.1) is 5.92 Å². The highest BCUT2D eigenvalue weighted by Gasteiger charge is 2.29. The van der Waals surface area contributed by atoms with Gasteiger partial charge in [0.25, 0.3) is 5.91 Å². The van der Waals surface area contributed by atoms with Crippen molar-refractivity contribution in [3.8, 4) is 0 Å².